The third kappa shape index (κ3) is 0.555. The molecule has 0 aromatic carbocycles. The van der Waals surface area contributed by atoms with Crippen LogP contribution in [0.25, 0.3) is 0 Å². The van der Waals surface area contributed by atoms with Gasteiger partial charge < -0.3 is 5.73 Å². The Morgan fingerprint density at radius 1 is 2.00 bits per heavy atom. The van der Waals surface area contributed by atoms with Crippen LogP contribution in [0.2, 0.25) is 0 Å². The molecule has 0 fully saturated rings. The molecule has 0 bridgehead atoms. The van der Waals surface area contributed by atoms with Crippen LogP contribution in [-0.4, -0.2) is 0 Å². The van der Waals surface area contributed by atoms with Crippen molar-refractivity contribution in [3.05, 3.63) is 11.3 Å². The molecule has 0 aliphatic carbocycles. The molecule has 0 spiro atoms. The summed E-state index contributed by atoms with van der Waals surface area (Å²) in [5.74, 6) is 1.86. The first-order valence-electron chi connectivity index (χ1n) is 1.23. The minimum Gasteiger partial charge on any atom is -0.397 e. The van der Waals surface area contributed by atoms with Crippen LogP contribution in [0.5, 0.6) is 0 Å². The van der Waals surface area contributed by atoms with Gasteiger partial charge in [0.2, 0.25) is 0 Å². The van der Waals surface area contributed by atoms with Crippen molar-refractivity contribution in [3.63, 3.8) is 0 Å². The average molecular weight is 107 g/mol. The van der Waals surface area contributed by atoms with Crippen LogP contribution in [0.15, 0.2) is 11.3 Å². The summed E-state index contributed by atoms with van der Waals surface area (Å²) in [6.45, 7) is 0. The van der Waals surface area contributed by atoms with E-state index in [2.05, 4.69) is 0 Å². The molecule has 1 atom stereocenters. The summed E-state index contributed by atoms with van der Waals surface area (Å²) in [6, 6.07) is 0. The maximum atomic E-state index is 5.38. The van der Waals surface area contributed by atoms with Gasteiger partial charge in [0.1, 0.15) is 0 Å². The minimum absolute atomic E-state index is 0.390. The van der Waals surface area contributed by atoms with E-state index in [1.807, 2.05) is 5.82 Å². The molecule has 1 nitrogen and oxygen atoms in total. The molecule has 1 heterocycles. The van der Waals surface area contributed by atoms with E-state index < -0.39 is 0 Å². The summed E-state index contributed by atoms with van der Waals surface area (Å²) < 4.78 is 0. The molecule has 0 saturated heterocycles. The van der Waals surface area contributed by atoms with Crippen LogP contribution in [0, 0.1) is 0 Å². The van der Waals surface area contributed by atoms with E-state index in [-0.39, 0.29) is 7.27 Å². The topological polar surface area (TPSA) is 26.0 Å². The Kier molecular flexibility index (Phi) is 0.593. The fourth-order valence-corrected chi connectivity index (χ4v) is 0.955. The zero-order valence-electron chi connectivity index (χ0n) is 2.48. The zero-order valence-corrected chi connectivity index (χ0v) is 4.13. The highest BCUT2D eigenvalue weighted by molar-refractivity contribution is 7.95. The van der Waals surface area contributed by atoms with Gasteiger partial charge in [-0.2, -0.15) is 0 Å². The number of halogens is 1. The van der Waals surface area contributed by atoms with Gasteiger partial charge in [-0.3, -0.25) is 0 Å². The zero-order chi connectivity index (χ0) is 3.86. The van der Waals surface area contributed by atoms with Gasteiger partial charge in [-0.1, -0.05) is 11.2 Å². The van der Waals surface area contributed by atoms with E-state index >= 15 is 0 Å². The second-order valence-corrected chi connectivity index (χ2v) is 3.35. The average Bonchev–Trinajstić information content (AvgIpc) is 1.79. The standard InChI is InChI=1S/C2H3ClNP/c3-5-1-2(5)4/h1H,4H2. The molecule has 0 amide bonds. The third-order valence-corrected chi connectivity index (χ3v) is 2.15. The Labute approximate surface area is 36.3 Å². The summed E-state index contributed by atoms with van der Waals surface area (Å²) in [4.78, 5) is 0. The number of nitrogens with two attached hydrogens (primary N) is 1. The SMILES string of the molecule is NC1=CP1Cl. The summed E-state index contributed by atoms with van der Waals surface area (Å²) >= 11 is 5.38. The highest BCUT2D eigenvalue weighted by atomic mass is 35.7. The first-order chi connectivity index (χ1) is 2.30. The molecular formula is C2H3ClNP. The Morgan fingerprint density at radius 2 is 2.20 bits per heavy atom. The van der Waals surface area contributed by atoms with Crippen molar-refractivity contribution in [2.75, 3.05) is 0 Å². The first-order valence-corrected chi connectivity index (χ1v) is 3.54. The molecule has 0 radical (unpaired) electrons. The highest BCUT2D eigenvalue weighted by Crippen LogP contribution is 2.62. The van der Waals surface area contributed by atoms with E-state index in [0.717, 1.165) is 5.44 Å². The first kappa shape index (κ1) is 3.45. The van der Waals surface area contributed by atoms with Crippen molar-refractivity contribution >= 4 is 18.5 Å². The second-order valence-electron chi connectivity index (χ2n) is 0.865. The van der Waals surface area contributed by atoms with Crippen LogP contribution < -0.4 is 5.73 Å². The van der Waals surface area contributed by atoms with Crippen LogP contribution in [-0.2, 0) is 0 Å². The van der Waals surface area contributed by atoms with Crippen LogP contribution >= 0.6 is 18.5 Å². The molecule has 1 aliphatic heterocycles. The Bertz CT molecular complexity index is 79.7. The molecule has 1 aliphatic rings. The van der Waals surface area contributed by atoms with Crippen molar-refractivity contribution in [2.45, 2.75) is 0 Å². The highest BCUT2D eigenvalue weighted by Gasteiger charge is 2.16. The van der Waals surface area contributed by atoms with Crippen molar-refractivity contribution in [1.29, 1.82) is 0 Å². The maximum absolute atomic E-state index is 5.38. The largest absolute Gasteiger partial charge is 0.397 e. The van der Waals surface area contributed by atoms with Gasteiger partial charge in [0.15, 0.2) is 0 Å². The molecule has 2 N–H and O–H groups in total. The maximum Gasteiger partial charge on any atom is 0.0637 e. The Hall–Kier alpha value is 0.260. The lowest BCUT2D eigenvalue weighted by Gasteiger charge is -1.68. The number of hydrogen-bond donors (Lipinski definition) is 1. The molecule has 1 unspecified atom stereocenters. The number of hydrogen-bond acceptors (Lipinski definition) is 1. The van der Waals surface area contributed by atoms with E-state index in [9.17, 15) is 0 Å². The van der Waals surface area contributed by atoms with Crippen LogP contribution in [0.4, 0.5) is 0 Å². The molecule has 1 rings (SSSR count). The normalized spacial score (nSPS) is 33.0. The molecule has 0 saturated carbocycles. The minimum atomic E-state index is -0.390. The van der Waals surface area contributed by atoms with Crippen molar-refractivity contribution in [1.82, 2.24) is 0 Å². The Morgan fingerprint density at radius 3 is 2.20 bits per heavy atom. The smallest absolute Gasteiger partial charge is 0.0637 e. The number of rotatable bonds is 0. The lowest BCUT2D eigenvalue weighted by molar-refractivity contribution is 1.62. The predicted molar refractivity (Wildman–Crippen MR) is 25.0 cm³/mol. The molecular weight excluding hydrogens is 104 g/mol. The van der Waals surface area contributed by atoms with E-state index in [4.69, 9.17) is 17.0 Å². The van der Waals surface area contributed by atoms with Crippen LogP contribution in [0.1, 0.15) is 0 Å². The quantitative estimate of drug-likeness (QED) is 0.465. The van der Waals surface area contributed by atoms with Gasteiger partial charge in [0.25, 0.3) is 0 Å². The summed E-state index contributed by atoms with van der Waals surface area (Å²) in [6.07, 6.45) is 0. The van der Waals surface area contributed by atoms with E-state index in [0.29, 0.717) is 0 Å². The van der Waals surface area contributed by atoms with Gasteiger partial charge in [-0.05, 0) is 5.82 Å². The Balaban J connectivity index is 2.38. The third-order valence-electron chi connectivity index (χ3n) is 0.425. The monoisotopic (exact) mass is 107 g/mol. The van der Waals surface area contributed by atoms with Crippen molar-refractivity contribution < 1.29 is 0 Å². The lowest BCUT2D eigenvalue weighted by atomic mass is 11.1. The molecule has 28 valence electrons. The summed E-state index contributed by atoms with van der Waals surface area (Å²) in [7, 11) is -0.390. The van der Waals surface area contributed by atoms with Crippen molar-refractivity contribution in [3.8, 4) is 0 Å². The van der Waals surface area contributed by atoms with Crippen LogP contribution in [0.3, 0.4) is 0 Å². The molecule has 0 aromatic rings. The second kappa shape index (κ2) is 0.859. The summed E-state index contributed by atoms with van der Waals surface area (Å²) in [5.41, 5.74) is 6.00. The molecule has 3 heteroatoms. The summed E-state index contributed by atoms with van der Waals surface area (Å²) in [5, 5.41) is 0. The van der Waals surface area contributed by atoms with Gasteiger partial charge in [0.05, 0.1) is 12.7 Å². The van der Waals surface area contributed by atoms with E-state index in [1.165, 1.54) is 0 Å². The van der Waals surface area contributed by atoms with E-state index in [1.54, 1.807) is 0 Å². The van der Waals surface area contributed by atoms with Gasteiger partial charge in [-0.15, -0.1) is 0 Å². The van der Waals surface area contributed by atoms with Crippen molar-refractivity contribution in [2.24, 2.45) is 5.73 Å². The van der Waals surface area contributed by atoms with Gasteiger partial charge in [0, 0.05) is 0 Å². The molecule has 0 aromatic heterocycles. The lowest BCUT2D eigenvalue weighted by Crippen LogP contribution is -1.74. The predicted octanol–water partition coefficient (Wildman–Crippen LogP) is 1.39. The fraction of sp³-hybridized carbons (Fsp3) is 0. The van der Waals surface area contributed by atoms with Gasteiger partial charge >= 0.3 is 0 Å². The van der Waals surface area contributed by atoms with Gasteiger partial charge in [-0.25, -0.2) is 0 Å². The fourth-order valence-electron chi connectivity index (χ4n) is 0.0873. The molecule has 5 heavy (non-hydrogen) atoms.